The van der Waals surface area contributed by atoms with E-state index in [0.29, 0.717) is 17.5 Å². The van der Waals surface area contributed by atoms with Crippen LogP contribution in [0.3, 0.4) is 0 Å². The maximum absolute atomic E-state index is 14.8. The zero-order chi connectivity index (χ0) is 28.2. The standard InChI is InChI=1S/C33H26BrF4OP/c34-40(28-13-4-1-5-14-28,29-15-6-2-7-16-29,30-17-8-3-9-18-30)24-26-22-27(35)20-21-32(26)39-23-25-12-10-11-19-31(25)33(36,37)38/h1-22H,23-24H2. The molecule has 7 heteroatoms. The summed E-state index contributed by atoms with van der Waals surface area (Å²) in [6.45, 7) is -0.311. The van der Waals surface area contributed by atoms with Crippen LogP contribution < -0.4 is 20.7 Å². The van der Waals surface area contributed by atoms with E-state index in [2.05, 4.69) is 51.9 Å². The van der Waals surface area contributed by atoms with Gasteiger partial charge in [0.2, 0.25) is 0 Å². The minimum atomic E-state index is -4.51. The van der Waals surface area contributed by atoms with Crippen molar-refractivity contribution >= 4 is 36.7 Å². The number of rotatable bonds is 8. The maximum atomic E-state index is 14.8. The molecule has 5 aromatic rings. The summed E-state index contributed by atoms with van der Waals surface area (Å²) in [7, 11) is 0. The molecule has 0 radical (unpaired) electrons. The predicted molar refractivity (Wildman–Crippen MR) is 160 cm³/mol. The number of alkyl halides is 3. The van der Waals surface area contributed by atoms with E-state index in [-0.39, 0.29) is 12.2 Å². The third kappa shape index (κ3) is 5.31. The van der Waals surface area contributed by atoms with Crippen LogP contribution in [0, 0.1) is 5.82 Å². The van der Waals surface area contributed by atoms with Crippen LogP contribution in [0.5, 0.6) is 5.75 Å². The van der Waals surface area contributed by atoms with Crippen molar-refractivity contribution in [2.75, 3.05) is 0 Å². The van der Waals surface area contributed by atoms with Crippen LogP contribution in [0.2, 0.25) is 0 Å². The topological polar surface area (TPSA) is 9.23 Å². The van der Waals surface area contributed by atoms with E-state index < -0.39 is 22.9 Å². The normalized spacial score (nSPS) is 12.9. The quantitative estimate of drug-likeness (QED) is 0.124. The van der Waals surface area contributed by atoms with Crippen molar-refractivity contribution in [2.24, 2.45) is 0 Å². The Labute approximate surface area is 239 Å². The summed E-state index contributed by atoms with van der Waals surface area (Å²) in [5.41, 5.74) is -0.192. The van der Waals surface area contributed by atoms with Gasteiger partial charge in [-0.25, -0.2) is 0 Å². The molecule has 0 N–H and O–H groups in total. The summed E-state index contributed by atoms with van der Waals surface area (Å²) in [6, 6.07) is 39.6. The van der Waals surface area contributed by atoms with Gasteiger partial charge in [-0.2, -0.15) is 0 Å². The van der Waals surface area contributed by atoms with Gasteiger partial charge < -0.3 is 0 Å². The molecule has 0 aliphatic heterocycles. The van der Waals surface area contributed by atoms with E-state index in [0.717, 1.165) is 22.0 Å². The number of hydrogen-bond donors (Lipinski definition) is 0. The zero-order valence-electron chi connectivity index (χ0n) is 21.4. The molecule has 40 heavy (non-hydrogen) atoms. The second-order valence-corrected chi connectivity index (χ2v) is 18.5. The van der Waals surface area contributed by atoms with Crippen LogP contribution in [-0.4, -0.2) is 0 Å². The summed E-state index contributed by atoms with van der Waals surface area (Å²) in [4.78, 5) is 0. The first-order valence-corrected chi connectivity index (χ1v) is 17.1. The van der Waals surface area contributed by atoms with E-state index >= 15 is 0 Å². The molecule has 0 saturated carbocycles. The molecule has 5 rings (SSSR count). The van der Waals surface area contributed by atoms with Crippen LogP contribution in [-0.2, 0) is 18.9 Å². The van der Waals surface area contributed by atoms with Gasteiger partial charge in [0.05, 0.1) is 0 Å². The van der Waals surface area contributed by atoms with Gasteiger partial charge >= 0.3 is 240 Å². The van der Waals surface area contributed by atoms with E-state index in [1.54, 1.807) is 6.07 Å². The fourth-order valence-corrected chi connectivity index (χ4v) is 12.8. The van der Waals surface area contributed by atoms with E-state index in [1.807, 2.05) is 54.6 Å². The molecule has 5 aromatic carbocycles. The number of ether oxygens (including phenoxy) is 1. The molecule has 0 heterocycles. The van der Waals surface area contributed by atoms with Crippen LogP contribution in [0.1, 0.15) is 16.7 Å². The molecule has 0 aliphatic carbocycles. The molecule has 0 aliphatic rings. The number of hydrogen-bond acceptors (Lipinski definition) is 1. The Morgan fingerprint density at radius 1 is 0.600 bits per heavy atom. The van der Waals surface area contributed by atoms with Crippen molar-refractivity contribution in [1.82, 2.24) is 0 Å². The average Bonchev–Trinajstić information content (AvgIpc) is 2.98. The van der Waals surface area contributed by atoms with Crippen molar-refractivity contribution in [3.05, 3.63) is 156 Å². The molecule has 0 saturated heterocycles. The molecule has 1 nitrogen and oxygen atoms in total. The first kappa shape index (κ1) is 28.1. The molecule has 204 valence electrons. The first-order valence-electron chi connectivity index (χ1n) is 12.7. The fourth-order valence-electron chi connectivity index (χ4n) is 5.15. The predicted octanol–water partition coefficient (Wildman–Crippen LogP) is 8.76. The van der Waals surface area contributed by atoms with Crippen molar-refractivity contribution in [3.63, 3.8) is 0 Å². The van der Waals surface area contributed by atoms with Gasteiger partial charge in [0.1, 0.15) is 0 Å². The molecule has 0 amide bonds. The number of benzene rings is 5. The monoisotopic (exact) mass is 624 g/mol. The van der Waals surface area contributed by atoms with Gasteiger partial charge in [-0.15, -0.1) is 0 Å². The van der Waals surface area contributed by atoms with Crippen molar-refractivity contribution in [2.45, 2.75) is 18.9 Å². The Bertz CT molecular complexity index is 1490. The van der Waals surface area contributed by atoms with Gasteiger partial charge in [-0.3, -0.25) is 0 Å². The van der Waals surface area contributed by atoms with Gasteiger partial charge in [0.15, 0.2) is 0 Å². The summed E-state index contributed by atoms with van der Waals surface area (Å²) in [6.07, 6.45) is -4.18. The summed E-state index contributed by atoms with van der Waals surface area (Å²) in [5.74, 6) is -0.126. The molecular weight excluding hydrogens is 599 g/mol. The van der Waals surface area contributed by atoms with E-state index in [1.165, 1.54) is 30.3 Å². The fraction of sp³-hybridized carbons (Fsp3) is 0.0909. The zero-order valence-corrected chi connectivity index (χ0v) is 23.8. The molecule has 0 atom stereocenters. The molecule has 0 bridgehead atoms. The molecule has 0 unspecified atom stereocenters. The molecule has 0 aromatic heterocycles. The SMILES string of the molecule is Fc1ccc(OCc2ccccc2C(F)(F)F)c(CP(Br)(c2ccccc2)(c2ccccc2)c2ccccc2)c1. The Morgan fingerprint density at radius 2 is 1.07 bits per heavy atom. The van der Waals surface area contributed by atoms with Gasteiger partial charge in [0.25, 0.3) is 0 Å². The van der Waals surface area contributed by atoms with Crippen molar-refractivity contribution in [1.29, 1.82) is 0 Å². The van der Waals surface area contributed by atoms with Gasteiger partial charge in [-0.1, -0.05) is 0 Å². The third-order valence-electron chi connectivity index (χ3n) is 7.08. The van der Waals surface area contributed by atoms with Gasteiger partial charge in [-0.05, 0) is 0 Å². The Balaban J connectivity index is 1.68. The van der Waals surface area contributed by atoms with Crippen LogP contribution in [0.4, 0.5) is 17.6 Å². The first-order chi connectivity index (χ1) is 19.2. The summed E-state index contributed by atoms with van der Waals surface area (Å²) < 4.78 is 61.8. The second kappa shape index (κ2) is 11.2. The minimum absolute atomic E-state index is 0.00998. The average molecular weight is 625 g/mol. The molecular formula is C33H26BrF4OP. The summed E-state index contributed by atoms with van der Waals surface area (Å²) >= 11 is 4.35. The van der Waals surface area contributed by atoms with Crippen LogP contribution >= 0.6 is 20.8 Å². The van der Waals surface area contributed by atoms with Crippen LogP contribution in [0.15, 0.2) is 133 Å². The van der Waals surface area contributed by atoms with Crippen molar-refractivity contribution in [3.8, 4) is 5.75 Å². The van der Waals surface area contributed by atoms with E-state index in [4.69, 9.17) is 4.74 Å². The van der Waals surface area contributed by atoms with Gasteiger partial charge in [0, 0.05) is 0 Å². The summed E-state index contributed by atoms with van der Waals surface area (Å²) in [5, 5.41) is -0.415. The Morgan fingerprint density at radius 3 is 1.57 bits per heavy atom. The molecule has 0 fully saturated rings. The Kier molecular flexibility index (Phi) is 7.85. The third-order valence-corrected chi connectivity index (χ3v) is 16.6. The second-order valence-electron chi connectivity index (χ2n) is 9.54. The van der Waals surface area contributed by atoms with Crippen molar-refractivity contribution < 1.29 is 22.3 Å². The number of halogens is 5. The Hall–Kier alpha value is -3.47. The van der Waals surface area contributed by atoms with E-state index in [9.17, 15) is 17.6 Å². The molecule has 0 spiro atoms. The van der Waals surface area contributed by atoms with Crippen LogP contribution in [0.25, 0.3) is 0 Å².